The summed E-state index contributed by atoms with van der Waals surface area (Å²) in [7, 11) is 0. The van der Waals surface area contributed by atoms with Crippen LogP contribution in [0.15, 0.2) is 0 Å². The van der Waals surface area contributed by atoms with Crippen LogP contribution in [0, 0.1) is 0 Å². The van der Waals surface area contributed by atoms with Crippen LogP contribution in [0.25, 0.3) is 0 Å². The molecule has 0 aromatic rings. The highest BCUT2D eigenvalue weighted by molar-refractivity contribution is 5.60. The molecule has 0 spiro atoms. The van der Waals surface area contributed by atoms with E-state index < -0.39 is 12.1 Å². The molecule has 0 atom stereocenters. The molecule has 0 unspecified atom stereocenters. The maximum atomic E-state index is 10.5. The predicted octanol–water partition coefficient (Wildman–Crippen LogP) is 0.795. The van der Waals surface area contributed by atoms with Gasteiger partial charge in [-0.2, -0.15) is 9.78 Å². The van der Waals surface area contributed by atoms with Crippen molar-refractivity contribution in [2.24, 2.45) is 0 Å². The molecule has 0 radical (unpaired) electrons. The summed E-state index contributed by atoms with van der Waals surface area (Å²) in [5.74, 6) is -1.20. The van der Waals surface area contributed by atoms with Gasteiger partial charge in [-0.25, -0.2) is 4.79 Å². The van der Waals surface area contributed by atoms with Crippen molar-refractivity contribution < 1.29 is 24.0 Å². The van der Waals surface area contributed by atoms with Gasteiger partial charge < -0.3 is 9.47 Å². The standard InChI is InChI=1S/C5H8O5/c1-3-7-4(6)8-5(2)9-10-5/h3H2,1-2H3. The second kappa shape index (κ2) is 2.43. The van der Waals surface area contributed by atoms with E-state index in [0.29, 0.717) is 0 Å². The SMILES string of the molecule is CCOC(=O)OC1(C)OO1. The third kappa shape index (κ3) is 1.85. The molecule has 1 fully saturated rings. The molecule has 1 saturated heterocycles. The van der Waals surface area contributed by atoms with Gasteiger partial charge in [0.05, 0.1) is 6.61 Å². The quantitative estimate of drug-likeness (QED) is 0.329. The Morgan fingerprint density at radius 2 is 2.20 bits per heavy atom. The molecule has 5 heteroatoms. The zero-order valence-corrected chi connectivity index (χ0v) is 5.75. The second-order valence-corrected chi connectivity index (χ2v) is 1.81. The topological polar surface area (TPSA) is 60.6 Å². The van der Waals surface area contributed by atoms with Gasteiger partial charge in [0.1, 0.15) is 0 Å². The lowest BCUT2D eigenvalue weighted by Gasteiger charge is -2.02. The van der Waals surface area contributed by atoms with Crippen LogP contribution in [-0.4, -0.2) is 18.7 Å². The lowest BCUT2D eigenvalue weighted by molar-refractivity contribution is -0.0295. The molecule has 0 aromatic carbocycles. The van der Waals surface area contributed by atoms with Crippen LogP contribution in [0.5, 0.6) is 0 Å². The van der Waals surface area contributed by atoms with Gasteiger partial charge in [0, 0.05) is 6.92 Å². The second-order valence-electron chi connectivity index (χ2n) is 1.81. The molecule has 1 heterocycles. The average molecular weight is 148 g/mol. The first-order chi connectivity index (χ1) is 4.66. The molecule has 58 valence electrons. The van der Waals surface area contributed by atoms with Crippen LogP contribution in [0.3, 0.4) is 0 Å². The summed E-state index contributed by atoms with van der Waals surface area (Å²) in [5, 5.41) is 0. The van der Waals surface area contributed by atoms with Gasteiger partial charge in [0.15, 0.2) is 0 Å². The van der Waals surface area contributed by atoms with E-state index in [1.807, 2.05) is 0 Å². The Balaban J connectivity index is 2.18. The summed E-state index contributed by atoms with van der Waals surface area (Å²) in [6.07, 6.45) is -0.789. The first-order valence-electron chi connectivity index (χ1n) is 2.89. The normalized spacial score (nSPS) is 19.8. The molecule has 5 nitrogen and oxygen atoms in total. The lowest BCUT2D eigenvalue weighted by atomic mass is 10.7. The minimum atomic E-state index is -1.20. The fraction of sp³-hybridized carbons (Fsp3) is 0.800. The highest BCUT2D eigenvalue weighted by Gasteiger charge is 2.49. The van der Waals surface area contributed by atoms with Crippen molar-refractivity contribution in [2.75, 3.05) is 6.61 Å². The highest BCUT2D eigenvalue weighted by Crippen LogP contribution is 2.29. The molecule has 1 rings (SSSR count). The Morgan fingerprint density at radius 3 is 2.60 bits per heavy atom. The van der Waals surface area contributed by atoms with Gasteiger partial charge in [-0.05, 0) is 6.92 Å². The van der Waals surface area contributed by atoms with Crippen LogP contribution >= 0.6 is 0 Å². The van der Waals surface area contributed by atoms with Crippen LogP contribution < -0.4 is 0 Å². The zero-order chi connectivity index (χ0) is 7.61. The van der Waals surface area contributed by atoms with Gasteiger partial charge in [-0.3, -0.25) is 0 Å². The molecule has 0 saturated carbocycles. The summed E-state index contributed by atoms with van der Waals surface area (Å²) in [6, 6.07) is 0. The van der Waals surface area contributed by atoms with Gasteiger partial charge in [0.25, 0.3) is 0 Å². The highest BCUT2D eigenvalue weighted by atomic mass is 17.5. The molecule has 0 amide bonds. The van der Waals surface area contributed by atoms with Crippen molar-refractivity contribution in [1.82, 2.24) is 0 Å². The van der Waals surface area contributed by atoms with Crippen LogP contribution in [0.1, 0.15) is 13.8 Å². The molecular formula is C5H8O5. The van der Waals surface area contributed by atoms with Crippen molar-refractivity contribution in [3.63, 3.8) is 0 Å². The van der Waals surface area contributed by atoms with E-state index in [1.165, 1.54) is 6.92 Å². The lowest BCUT2D eigenvalue weighted by Crippen LogP contribution is -2.17. The number of rotatable bonds is 2. The minimum Gasteiger partial charge on any atom is -0.434 e. The largest absolute Gasteiger partial charge is 0.512 e. The molecule has 0 aromatic heterocycles. The monoisotopic (exact) mass is 148 g/mol. The Bertz CT molecular complexity index is 139. The van der Waals surface area contributed by atoms with Gasteiger partial charge in [-0.1, -0.05) is 0 Å². The zero-order valence-electron chi connectivity index (χ0n) is 5.75. The van der Waals surface area contributed by atoms with Crippen LogP contribution in [0.2, 0.25) is 0 Å². The Kier molecular flexibility index (Phi) is 1.78. The first-order valence-corrected chi connectivity index (χ1v) is 2.89. The van der Waals surface area contributed by atoms with Crippen molar-refractivity contribution in [2.45, 2.75) is 19.8 Å². The fourth-order valence-electron chi connectivity index (χ4n) is 0.391. The summed E-state index contributed by atoms with van der Waals surface area (Å²) >= 11 is 0. The molecule has 1 aliphatic heterocycles. The molecule has 0 aliphatic carbocycles. The van der Waals surface area contributed by atoms with Crippen molar-refractivity contribution in [1.29, 1.82) is 0 Å². The number of carbonyl (C=O) groups excluding carboxylic acids is 1. The van der Waals surface area contributed by atoms with E-state index in [9.17, 15) is 4.79 Å². The van der Waals surface area contributed by atoms with Crippen LogP contribution in [0.4, 0.5) is 4.79 Å². The van der Waals surface area contributed by atoms with E-state index in [-0.39, 0.29) is 6.61 Å². The number of hydrogen-bond acceptors (Lipinski definition) is 5. The first kappa shape index (κ1) is 7.30. The smallest absolute Gasteiger partial charge is 0.434 e. The number of ether oxygens (including phenoxy) is 2. The number of carbonyl (C=O) groups is 1. The van der Waals surface area contributed by atoms with E-state index in [1.54, 1.807) is 6.92 Å². The Morgan fingerprint density at radius 1 is 1.60 bits per heavy atom. The third-order valence-electron chi connectivity index (χ3n) is 0.849. The summed E-state index contributed by atoms with van der Waals surface area (Å²) in [6.45, 7) is 3.41. The van der Waals surface area contributed by atoms with Crippen molar-refractivity contribution in [3.05, 3.63) is 0 Å². The maximum absolute atomic E-state index is 10.5. The van der Waals surface area contributed by atoms with E-state index >= 15 is 0 Å². The predicted molar refractivity (Wildman–Crippen MR) is 28.7 cm³/mol. The van der Waals surface area contributed by atoms with Gasteiger partial charge in [-0.15, -0.1) is 0 Å². The minimum absolute atomic E-state index is 0.273. The number of hydrogen-bond donors (Lipinski definition) is 0. The summed E-state index contributed by atoms with van der Waals surface area (Å²) in [5.41, 5.74) is 0. The summed E-state index contributed by atoms with van der Waals surface area (Å²) < 4.78 is 8.92. The Hall–Kier alpha value is -0.810. The van der Waals surface area contributed by atoms with Gasteiger partial charge >= 0.3 is 12.1 Å². The Labute approximate surface area is 57.7 Å². The van der Waals surface area contributed by atoms with Crippen LogP contribution in [-0.2, 0) is 19.2 Å². The van der Waals surface area contributed by atoms with Gasteiger partial charge in [0.2, 0.25) is 0 Å². The molecule has 0 bridgehead atoms. The van der Waals surface area contributed by atoms with E-state index in [2.05, 4.69) is 19.2 Å². The molecule has 1 aliphatic rings. The van der Waals surface area contributed by atoms with Crippen molar-refractivity contribution >= 4 is 6.16 Å². The van der Waals surface area contributed by atoms with E-state index in [4.69, 9.17) is 0 Å². The summed E-state index contributed by atoms with van der Waals surface area (Å²) in [4.78, 5) is 19.1. The molecule has 0 N–H and O–H groups in total. The molecular weight excluding hydrogens is 140 g/mol. The molecule has 10 heavy (non-hydrogen) atoms. The average Bonchev–Trinajstić information content (AvgIpc) is 2.48. The maximum Gasteiger partial charge on any atom is 0.512 e. The third-order valence-corrected chi connectivity index (χ3v) is 0.849. The van der Waals surface area contributed by atoms with Crippen molar-refractivity contribution in [3.8, 4) is 0 Å². The fourth-order valence-corrected chi connectivity index (χ4v) is 0.391. The van der Waals surface area contributed by atoms with E-state index in [0.717, 1.165) is 0 Å².